The molecule has 33 heavy (non-hydrogen) atoms. The summed E-state index contributed by atoms with van der Waals surface area (Å²) in [5.74, 6) is -2.80. The topological polar surface area (TPSA) is 90.0 Å². The Bertz CT molecular complexity index is 1160. The van der Waals surface area contributed by atoms with Gasteiger partial charge in [0.1, 0.15) is 0 Å². The Morgan fingerprint density at radius 3 is 2.27 bits per heavy atom. The molecule has 2 amide bonds. The van der Waals surface area contributed by atoms with Crippen molar-refractivity contribution in [3.63, 3.8) is 0 Å². The van der Waals surface area contributed by atoms with E-state index in [1.807, 2.05) is 4.90 Å². The second-order valence-corrected chi connectivity index (χ2v) is 10.1. The van der Waals surface area contributed by atoms with Crippen molar-refractivity contribution < 1.29 is 26.8 Å². The number of halogens is 2. The fourth-order valence-corrected chi connectivity index (χ4v) is 4.62. The minimum absolute atomic E-state index is 0.0663. The van der Waals surface area contributed by atoms with Crippen molar-refractivity contribution in [2.75, 3.05) is 52.1 Å². The van der Waals surface area contributed by atoms with Crippen LogP contribution in [0.5, 0.6) is 0 Å². The molecule has 11 heteroatoms. The molecular weight excluding hydrogens is 454 g/mol. The monoisotopic (exact) mass is 480 g/mol. The van der Waals surface area contributed by atoms with E-state index in [9.17, 15) is 26.8 Å². The summed E-state index contributed by atoms with van der Waals surface area (Å²) in [4.78, 5) is 28.5. The molecule has 1 heterocycles. The summed E-state index contributed by atoms with van der Waals surface area (Å²) in [7, 11) is -0.763. The first kappa shape index (κ1) is 24.7. The molecule has 2 aromatic carbocycles. The molecule has 1 fully saturated rings. The molecule has 1 saturated heterocycles. The van der Waals surface area contributed by atoms with E-state index >= 15 is 0 Å². The van der Waals surface area contributed by atoms with Gasteiger partial charge in [-0.25, -0.2) is 21.5 Å². The van der Waals surface area contributed by atoms with Crippen LogP contribution in [0, 0.1) is 18.6 Å². The van der Waals surface area contributed by atoms with E-state index in [1.165, 1.54) is 31.1 Å². The molecule has 0 spiro atoms. The molecular formula is C22H26F2N4O4S. The van der Waals surface area contributed by atoms with E-state index < -0.39 is 27.6 Å². The molecule has 0 radical (unpaired) electrons. The van der Waals surface area contributed by atoms with E-state index in [0.29, 0.717) is 37.4 Å². The van der Waals surface area contributed by atoms with Crippen molar-refractivity contribution in [3.05, 3.63) is 59.2 Å². The summed E-state index contributed by atoms with van der Waals surface area (Å²) in [6, 6.07) is 7.75. The van der Waals surface area contributed by atoms with E-state index in [4.69, 9.17) is 0 Å². The third-order valence-electron chi connectivity index (χ3n) is 5.42. The SMILES string of the molecule is Cc1ccc(NC(=O)CN2CCN(C(=O)c3ccc(F)c(F)c3)CC2)cc1S(=O)(=O)N(C)C. The maximum absolute atomic E-state index is 13.4. The minimum atomic E-state index is -3.65. The lowest BCUT2D eigenvalue weighted by Gasteiger charge is -2.34. The van der Waals surface area contributed by atoms with Gasteiger partial charge in [-0.05, 0) is 42.8 Å². The van der Waals surface area contributed by atoms with E-state index in [0.717, 1.165) is 16.4 Å². The molecule has 0 saturated carbocycles. The molecule has 0 bridgehead atoms. The van der Waals surface area contributed by atoms with Crippen LogP contribution in [-0.4, -0.2) is 81.2 Å². The minimum Gasteiger partial charge on any atom is -0.336 e. The summed E-state index contributed by atoms with van der Waals surface area (Å²) in [5.41, 5.74) is 1.02. The number of nitrogens with one attached hydrogen (secondary N) is 1. The molecule has 1 N–H and O–H groups in total. The Morgan fingerprint density at radius 2 is 1.67 bits per heavy atom. The standard InChI is InChI=1S/C22H26F2N4O4S/c1-15-4-6-17(13-20(15)33(31,32)26(2)3)25-21(29)14-27-8-10-28(11-9-27)22(30)16-5-7-18(23)19(24)12-16/h4-7,12-13H,8-11,14H2,1-3H3,(H,25,29). The normalized spacial score (nSPS) is 15.0. The van der Waals surface area contributed by atoms with Crippen LogP contribution < -0.4 is 5.32 Å². The zero-order valence-corrected chi connectivity index (χ0v) is 19.5. The summed E-state index contributed by atoms with van der Waals surface area (Å²) in [6.45, 7) is 3.27. The zero-order chi connectivity index (χ0) is 24.3. The number of carbonyl (C=O) groups is 2. The Hall–Kier alpha value is -2.89. The number of hydrogen-bond donors (Lipinski definition) is 1. The molecule has 0 atom stereocenters. The van der Waals surface area contributed by atoms with Gasteiger partial charge in [-0.3, -0.25) is 14.5 Å². The first-order valence-corrected chi connectivity index (χ1v) is 11.7. The van der Waals surface area contributed by atoms with Crippen LogP contribution in [0.25, 0.3) is 0 Å². The predicted molar refractivity (Wildman–Crippen MR) is 119 cm³/mol. The molecule has 1 aliphatic heterocycles. The molecule has 3 rings (SSSR count). The first-order valence-electron chi connectivity index (χ1n) is 10.3. The lowest BCUT2D eigenvalue weighted by Crippen LogP contribution is -2.50. The Kier molecular flexibility index (Phi) is 7.45. The van der Waals surface area contributed by atoms with Gasteiger partial charge in [0.25, 0.3) is 5.91 Å². The van der Waals surface area contributed by atoms with Gasteiger partial charge in [-0.2, -0.15) is 0 Å². The second-order valence-electron chi connectivity index (χ2n) is 8.01. The number of sulfonamides is 1. The van der Waals surface area contributed by atoms with E-state index in [2.05, 4.69) is 5.32 Å². The highest BCUT2D eigenvalue weighted by Gasteiger charge is 2.25. The number of nitrogens with zero attached hydrogens (tertiary/aromatic N) is 3. The van der Waals surface area contributed by atoms with Gasteiger partial charge < -0.3 is 10.2 Å². The van der Waals surface area contributed by atoms with Crippen LogP contribution in [0.3, 0.4) is 0 Å². The fourth-order valence-electron chi connectivity index (χ4n) is 3.48. The van der Waals surface area contributed by atoms with Gasteiger partial charge in [-0.1, -0.05) is 6.07 Å². The number of piperazine rings is 1. The fraction of sp³-hybridized carbons (Fsp3) is 0.364. The summed E-state index contributed by atoms with van der Waals surface area (Å²) in [5, 5.41) is 2.72. The summed E-state index contributed by atoms with van der Waals surface area (Å²) < 4.78 is 52.5. The first-order chi connectivity index (χ1) is 15.5. The van der Waals surface area contributed by atoms with Crippen LogP contribution in [0.1, 0.15) is 15.9 Å². The van der Waals surface area contributed by atoms with Crippen LogP contribution in [-0.2, 0) is 14.8 Å². The van der Waals surface area contributed by atoms with Gasteiger partial charge >= 0.3 is 0 Å². The van der Waals surface area contributed by atoms with Crippen LogP contribution in [0.4, 0.5) is 14.5 Å². The van der Waals surface area contributed by atoms with Crippen LogP contribution in [0.15, 0.2) is 41.3 Å². The Balaban J connectivity index is 1.56. The van der Waals surface area contributed by atoms with Crippen molar-refractivity contribution >= 4 is 27.5 Å². The maximum atomic E-state index is 13.4. The van der Waals surface area contributed by atoms with Crippen molar-refractivity contribution in [2.45, 2.75) is 11.8 Å². The van der Waals surface area contributed by atoms with Gasteiger partial charge in [0, 0.05) is 51.5 Å². The average molecular weight is 481 g/mol. The van der Waals surface area contributed by atoms with E-state index in [1.54, 1.807) is 19.1 Å². The zero-order valence-electron chi connectivity index (χ0n) is 18.6. The number of benzene rings is 2. The van der Waals surface area contributed by atoms with Gasteiger partial charge in [0.05, 0.1) is 11.4 Å². The smallest absolute Gasteiger partial charge is 0.254 e. The third-order valence-corrected chi connectivity index (χ3v) is 7.38. The molecule has 0 aromatic heterocycles. The highest BCUT2D eigenvalue weighted by molar-refractivity contribution is 7.89. The molecule has 0 unspecified atom stereocenters. The van der Waals surface area contributed by atoms with Crippen molar-refractivity contribution in [3.8, 4) is 0 Å². The van der Waals surface area contributed by atoms with Crippen molar-refractivity contribution in [1.29, 1.82) is 0 Å². The predicted octanol–water partition coefficient (Wildman–Crippen LogP) is 1.92. The Labute approximate surface area is 191 Å². The van der Waals surface area contributed by atoms with E-state index in [-0.39, 0.29) is 22.9 Å². The quantitative estimate of drug-likeness (QED) is 0.683. The average Bonchev–Trinajstić information content (AvgIpc) is 2.76. The molecule has 178 valence electrons. The molecule has 1 aliphatic rings. The number of hydrogen-bond acceptors (Lipinski definition) is 5. The largest absolute Gasteiger partial charge is 0.336 e. The van der Waals surface area contributed by atoms with Crippen LogP contribution in [0.2, 0.25) is 0 Å². The second kappa shape index (κ2) is 9.94. The lowest BCUT2D eigenvalue weighted by atomic mass is 10.1. The van der Waals surface area contributed by atoms with Gasteiger partial charge in [-0.15, -0.1) is 0 Å². The number of amides is 2. The number of rotatable bonds is 6. The third kappa shape index (κ3) is 5.73. The molecule has 8 nitrogen and oxygen atoms in total. The number of anilines is 1. The lowest BCUT2D eigenvalue weighted by molar-refractivity contribution is -0.117. The summed E-state index contributed by atoms with van der Waals surface area (Å²) in [6.07, 6.45) is 0. The maximum Gasteiger partial charge on any atom is 0.254 e. The van der Waals surface area contributed by atoms with Gasteiger partial charge in [0.2, 0.25) is 15.9 Å². The number of carbonyl (C=O) groups excluding carboxylic acids is 2. The Morgan fingerprint density at radius 1 is 1.00 bits per heavy atom. The molecule has 2 aromatic rings. The van der Waals surface area contributed by atoms with Gasteiger partial charge in [0.15, 0.2) is 11.6 Å². The summed E-state index contributed by atoms with van der Waals surface area (Å²) >= 11 is 0. The molecule has 0 aliphatic carbocycles. The van der Waals surface area contributed by atoms with Crippen LogP contribution >= 0.6 is 0 Å². The highest BCUT2D eigenvalue weighted by Crippen LogP contribution is 2.22. The van der Waals surface area contributed by atoms with Crippen molar-refractivity contribution in [1.82, 2.24) is 14.1 Å². The highest BCUT2D eigenvalue weighted by atomic mass is 32.2. The van der Waals surface area contributed by atoms with Crippen molar-refractivity contribution in [2.24, 2.45) is 0 Å². The number of aryl methyl sites for hydroxylation is 1.